The number of benzene rings is 1. The molecule has 2 aromatic rings. The molecule has 1 aromatic heterocycles. The normalized spacial score (nSPS) is 20.7. The van der Waals surface area contributed by atoms with Crippen molar-refractivity contribution in [2.75, 3.05) is 55.4 Å². The highest BCUT2D eigenvalue weighted by Gasteiger charge is 2.43. The monoisotopic (exact) mass is 395 g/mol. The van der Waals surface area contributed by atoms with Crippen molar-refractivity contribution in [3.63, 3.8) is 0 Å². The van der Waals surface area contributed by atoms with E-state index in [0.29, 0.717) is 5.95 Å². The highest BCUT2D eigenvalue weighted by Crippen LogP contribution is 2.46. The van der Waals surface area contributed by atoms with Gasteiger partial charge in [0.25, 0.3) is 0 Å². The number of hydrogen-bond acceptors (Lipinski definition) is 7. The third-order valence-corrected chi connectivity index (χ3v) is 6.58. The van der Waals surface area contributed by atoms with Crippen molar-refractivity contribution in [3.05, 3.63) is 35.4 Å². The number of hydrogen-bond donors (Lipinski definition) is 1. The first kappa shape index (κ1) is 18.5. The zero-order chi connectivity index (χ0) is 19.8. The molecular formula is C22H29N5O2. The van der Waals surface area contributed by atoms with Gasteiger partial charge in [0.15, 0.2) is 0 Å². The smallest absolute Gasteiger partial charge is 0.223 e. The number of methoxy groups -OCH3 is 1. The SMILES string of the molecule is COc1cccc2c1C1(CCN(c3cc(N4CCCC4)nc(N)n3)CC1)OCC2. The average Bonchev–Trinajstić information content (AvgIpc) is 3.29. The summed E-state index contributed by atoms with van der Waals surface area (Å²) in [6, 6.07) is 8.43. The van der Waals surface area contributed by atoms with Crippen LogP contribution in [0.25, 0.3) is 0 Å². The molecule has 29 heavy (non-hydrogen) atoms. The van der Waals surface area contributed by atoms with Crippen LogP contribution in [0.5, 0.6) is 5.75 Å². The number of ether oxygens (including phenoxy) is 2. The van der Waals surface area contributed by atoms with Crippen molar-refractivity contribution in [2.24, 2.45) is 0 Å². The summed E-state index contributed by atoms with van der Waals surface area (Å²) < 4.78 is 12.1. The van der Waals surface area contributed by atoms with E-state index in [1.807, 2.05) is 0 Å². The molecule has 7 heteroatoms. The molecular weight excluding hydrogens is 366 g/mol. The first-order chi connectivity index (χ1) is 14.2. The Morgan fingerprint density at radius 2 is 1.72 bits per heavy atom. The average molecular weight is 396 g/mol. The van der Waals surface area contributed by atoms with E-state index in [0.717, 1.165) is 69.4 Å². The molecule has 0 saturated carbocycles. The quantitative estimate of drug-likeness (QED) is 0.856. The Morgan fingerprint density at radius 3 is 2.41 bits per heavy atom. The largest absolute Gasteiger partial charge is 0.496 e. The van der Waals surface area contributed by atoms with E-state index >= 15 is 0 Å². The predicted molar refractivity (Wildman–Crippen MR) is 114 cm³/mol. The molecule has 0 unspecified atom stereocenters. The van der Waals surface area contributed by atoms with Crippen molar-refractivity contribution in [1.82, 2.24) is 9.97 Å². The van der Waals surface area contributed by atoms with E-state index in [4.69, 9.17) is 15.2 Å². The molecule has 2 N–H and O–H groups in total. The first-order valence-corrected chi connectivity index (χ1v) is 10.6. The molecule has 0 atom stereocenters. The summed E-state index contributed by atoms with van der Waals surface area (Å²) in [6.07, 6.45) is 5.18. The molecule has 0 aliphatic carbocycles. The Balaban J connectivity index is 1.39. The Morgan fingerprint density at radius 1 is 1.03 bits per heavy atom. The van der Waals surface area contributed by atoms with Crippen molar-refractivity contribution in [2.45, 2.75) is 37.7 Å². The van der Waals surface area contributed by atoms with Crippen LogP contribution in [0, 0.1) is 0 Å². The third-order valence-electron chi connectivity index (χ3n) is 6.58. The van der Waals surface area contributed by atoms with E-state index in [1.54, 1.807) is 7.11 Å². The molecule has 0 radical (unpaired) electrons. The summed E-state index contributed by atoms with van der Waals surface area (Å²) in [5, 5.41) is 0. The molecule has 4 heterocycles. The fourth-order valence-corrected chi connectivity index (χ4v) is 5.10. The summed E-state index contributed by atoms with van der Waals surface area (Å²) in [7, 11) is 1.75. The molecule has 2 saturated heterocycles. The minimum absolute atomic E-state index is 0.271. The molecule has 0 amide bonds. The second-order valence-electron chi connectivity index (χ2n) is 8.21. The Labute approximate surface area is 171 Å². The summed E-state index contributed by atoms with van der Waals surface area (Å²) in [5.74, 6) is 3.17. The number of rotatable bonds is 3. The van der Waals surface area contributed by atoms with Crippen LogP contribution in [-0.4, -0.2) is 49.9 Å². The lowest BCUT2D eigenvalue weighted by atomic mass is 9.79. The maximum absolute atomic E-state index is 6.42. The number of fused-ring (bicyclic) bond motifs is 2. The van der Waals surface area contributed by atoms with Crippen molar-refractivity contribution >= 4 is 17.6 Å². The maximum atomic E-state index is 6.42. The molecule has 3 aliphatic rings. The number of nitrogens with two attached hydrogens (primary N) is 1. The van der Waals surface area contributed by atoms with Gasteiger partial charge in [0.2, 0.25) is 5.95 Å². The van der Waals surface area contributed by atoms with Crippen LogP contribution in [0.2, 0.25) is 0 Å². The second-order valence-corrected chi connectivity index (χ2v) is 8.21. The van der Waals surface area contributed by atoms with Crippen LogP contribution in [-0.2, 0) is 16.8 Å². The van der Waals surface area contributed by atoms with Crippen LogP contribution in [0.4, 0.5) is 17.6 Å². The molecule has 1 spiro atoms. The van der Waals surface area contributed by atoms with E-state index < -0.39 is 0 Å². The standard InChI is InChI=1S/C22H29N5O2/c1-28-17-6-4-5-16-7-14-29-22(20(16)17)8-12-27(13-9-22)19-15-18(24-21(23)25-19)26-10-2-3-11-26/h4-6,15H,2-3,7-14H2,1H3,(H2,23,24,25). The van der Waals surface area contributed by atoms with E-state index in [9.17, 15) is 0 Å². The minimum atomic E-state index is -0.271. The predicted octanol–water partition coefficient (Wildman–Crippen LogP) is 2.74. The maximum Gasteiger partial charge on any atom is 0.223 e. The Kier molecular flexibility index (Phi) is 4.70. The number of piperidine rings is 1. The van der Waals surface area contributed by atoms with Crippen LogP contribution in [0.3, 0.4) is 0 Å². The van der Waals surface area contributed by atoms with Gasteiger partial charge in [-0.1, -0.05) is 12.1 Å². The molecule has 2 fully saturated rings. The summed E-state index contributed by atoms with van der Waals surface area (Å²) in [6.45, 7) is 4.59. The summed E-state index contributed by atoms with van der Waals surface area (Å²) >= 11 is 0. The summed E-state index contributed by atoms with van der Waals surface area (Å²) in [4.78, 5) is 13.6. The van der Waals surface area contributed by atoms with Crippen LogP contribution >= 0.6 is 0 Å². The molecule has 3 aliphatic heterocycles. The minimum Gasteiger partial charge on any atom is -0.496 e. The van der Waals surface area contributed by atoms with E-state index in [2.05, 4.69) is 44.0 Å². The third kappa shape index (κ3) is 3.27. The highest BCUT2D eigenvalue weighted by molar-refractivity contribution is 5.55. The Bertz CT molecular complexity index is 875. The number of nitrogen functional groups attached to an aromatic ring is 1. The molecule has 0 bridgehead atoms. The van der Waals surface area contributed by atoms with Gasteiger partial charge < -0.3 is 25.0 Å². The molecule has 154 valence electrons. The van der Waals surface area contributed by atoms with Gasteiger partial charge in [-0.25, -0.2) is 0 Å². The number of aromatic nitrogens is 2. The lowest BCUT2D eigenvalue weighted by Gasteiger charge is -2.45. The second kappa shape index (κ2) is 7.37. The summed E-state index contributed by atoms with van der Waals surface area (Å²) in [5.41, 5.74) is 8.38. The van der Waals surface area contributed by atoms with Gasteiger partial charge in [0.1, 0.15) is 23.0 Å². The topological polar surface area (TPSA) is 76.7 Å². The van der Waals surface area contributed by atoms with Crippen LogP contribution in [0.15, 0.2) is 24.3 Å². The molecule has 1 aromatic carbocycles. The van der Waals surface area contributed by atoms with Gasteiger partial charge in [-0.05, 0) is 43.7 Å². The fraction of sp³-hybridized carbons (Fsp3) is 0.545. The van der Waals surface area contributed by atoms with Gasteiger partial charge in [-0.2, -0.15) is 9.97 Å². The highest BCUT2D eigenvalue weighted by atomic mass is 16.5. The molecule has 5 rings (SSSR count). The van der Waals surface area contributed by atoms with Crippen LogP contribution in [0.1, 0.15) is 36.8 Å². The van der Waals surface area contributed by atoms with Gasteiger partial charge in [0, 0.05) is 37.8 Å². The molecule has 7 nitrogen and oxygen atoms in total. The van der Waals surface area contributed by atoms with Gasteiger partial charge in [0.05, 0.1) is 13.7 Å². The van der Waals surface area contributed by atoms with Crippen molar-refractivity contribution < 1.29 is 9.47 Å². The van der Waals surface area contributed by atoms with Crippen molar-refractivity contribution in [1.29, 1.82) is 0 Å². The Hall–Kier alpha value is -2.54. The zero-order valence-electron chi connectivity index (χ0n) is 17.1. The zero-order valence-corrected chi connectivity index (χ0v) is 17.1. The van der Waals surface area contributed by atoms with Crippen LogP contribution < -0.4 is 20.3 Å². The lowest BCUT2D eigenvalue weighted by Crippen LogP contribution is -2.47. The van der Waals surface area contributed by atoms with E-state index in [1.165, 1.54) is 24.0 Å². The lowest BCUT2D eigenvalue weighted by molar-refractivity contribution is -0.0780. The van der Waals surface area contributed by atoms with Crippen molar-refractivity contribution in [3.8, 4) is 5.75 Å². The van der Waals surface area contributed by atoms with E-state index in [-0.39, 0.29) is 5.60 Å². The number of anilines is 3. The first-order valence-electron chi connectivity index (χ1n) is 10.6. The number of nitrogens with zero attached hydrogens (tertiary/aromatic N) is 4. The van der Waals surface area contributed by atoms with Gasteiger partial charge in [-0.15, -0.1) is 0 Å². The fourth-order valence-electron chi connectivity index (χ4n) is 5.10. The van der Waals surface area contributed by atoms with Gasteiger partial charge in [-0.3, -0.25) is 0 Å². The van der Waals surface area contributed by atoms with Gasteiger partial charge >= 0.3 is 0 Å².